The topological polar surface area (TPSA) is 61.7 Å². The van der Waals surface area contributed by atoms with E-state index in [4.69, 9.17) is 0 Å². The summed E-state index contributed by atoms with van der Waals surface area (Å²) in [5, 5.41) is 13.4. The van der Waals surface area contributed by atoms with E-state index in [0.717, 1.165) is 4.90 Å². The van der Waals surface area contributed by atoms with Crippen LogP contribution in [0.2, 0.25) is 0 Å². The maximum atomic E-state index is 11.7. The first-order valence-corrected chi connectivity index (χ1v) is 7.93. The summed E-state index contributed by atoms with van der Waals surface area (Å²) in [6.07, 6.45) is 1.82. The number of carbonyl (C=O) groups is 1. The summed E-state index contributed by atoms with van der Waals surface area (Å²) in [5.41, 5.74) is 4.25. The highest BCUT2D eigenvalue weighted by Gasteiger charge is 2.01. The number of aryl methyl sites for hydroxylation is 1. The van der Waals surface area contributed by atoms with Crippen LogP contribution < -0.4 is 5.43 Å². The van der Waals surface area contributed by atoms with Gasteiger partial charge in [0.25, 0.3) is 0 Å². The van der Waals surface area contributed by atoms with Crippen molar-refractivity contribution in [3.05, 3.63) is 59.7 Å². The minimum absolute atomic E-state index is 0.135. The molecule has 0 unspecified atom stereocenters. The van der Waals surface area contributed by atoms with Crippen molar-refractivity contribution in [2.45, 2.75) is 18.2 Å². The third kappa shape index (κ3) is 5.26. The number of hydrogen-bond donors (Lipinski definition) is 2. The Balaban J connectivity index is 1.72. The molecule has 0 aromatic heterocycles. The summed E-state index contributed by atoms with van der Waals surface area (Å²) in [6.45, 7) is 2.05. The van der Waals surface area contributed by atoms with E-state index in [1.54, 1.807) is 36.0 Å². The van der Waals surface area contributed by atoms with Crippen LogP contribution in [0.15, 0.2) is 58.5 Å². The smallest absolute Gasteiger partial charge is 0.240 e. The third-order valence-corrected chi connectivity index (χ3v) is 3.96. The summed E-state index contributed by atoms with van der Waals surface area (Å²) in [7, 11) is 0. The molecule has 2 rings (SSSR count). The molecule has 2 aromatic rings. The quantitative estimate of drug-likeness (QED) is 0.488. The number of rotatable bonds is 6. The molecule has 0 atom stereocenters. The second kappa shape index (κ2) is 8.24. The van der Waals surface area contributed by atoms with Gasteiger partial charge in [-0.05, 0) is 31.2 Å². The van der Waals surface area contributed by atoms with Gasteiger partial charge in [-0.25, -0.2) is 5.43 Å². The SMILES string of the molecule is Cc1ccc(SCCC(=O)NN=Cc2ccccc2O)cc1. The van der Waals surface area contributed by atoms with Crippen molar-refractivity contribution in [1.82, 2.24) is 5.43 Å². The van der Waals surface area contributed by atoms with Crippen molar-refractivity contribution in [2.75, 3.05) is 5.75 Å². The van der Waals surface area contributed by atoms with Gasteiger partial charge in [0.2, 0.25) is 5.91 Å². The molecule has 0 radical (unpaired) electrons. The van der Waals surface area contributed by atoms with Crippen LogP contribution in [0.3, 0.4) is 0 Å². The first-order chi connectivity index (χ1) is 10.6. The number of nitrogens with one attached hydrogen (secondary N) is 1. The molecule has 0 spiro atoms. The number of thioether (sulfide) groups is 1. The number of hydrogen-bond acceptors (Lipinski definition) is 4. The molecule has 0 saturated heterocycles. The molecule has 2 aromatic carbocycles. The molecular formula is C17H18N2O2S. The number of phenolic OH excluding ortho intramolecular Hbond substituents is 1. The number of amides is 1. The average molecular weight is 314 g/mol. The van der Waals surface area contributed by atoms with Gasteiger partial charge in [-0.2, -0.15) is 5.10 Å². The first kappa shape index (κ1) is 16.1. The van der Waals surface area contributed by atoms with E-state index in [1.165, 1.54) is 11.8 Å². The second-order valence-electron chi connectivity index (χ2n) is 4.76. The molecule has 114 valence electrons. The van der Waals surface area contributed by atoms with Crippen molar-refractivity contribution in [3.63, 3.8) is 0 Å². The van der Waals surface area contributed by atoms with Crippen LogP contribution in [0.1, 0.15) is 17.5 Å². The van der Waals surface area contributed by atoms with Gasteiger partial charge in [-0.1, -0.05) is 29.8 Å². The Morgan fingerprint density at radius 3 is 2.68 bits per heavy atom. The monoisotopic (exact) mass is 314 g/mol. The number of hydrazone groups is 1. The number of phenols is 1. The van der Waals surface area contributed by atoms with Gasteiger partial charge in [0.1, 0.15) is 5.75 Å². The second-order valence-corrected chi connectivity index (χ2v) is 5.93. The van der Waals surface area contributed by atoms with E-state index in [2.05, 4.69) is 22.7 Å². The highest BCUT2D eigenvalue weighted by Crippen LogP contribution is 2.18. The fourth-order valence-electron chi connectivity index (χ4n) is 1.72. The Labute approximate surface area is 134 Å². The zero-order valence-corrected chi connectivity index (χ0v) is 13.1. The summed E-state index contributed by atoms with van der Waals surface area (Å²) in [6, 6.07) is 15.0. The Morgan fingerprint density at radius 2 is 1.95 bits per heavy atom. The largest absolute Gasteiger partial charge is 0.507 e. The Morgan fingerprint density at radius 1 is 1.23 bits per heavy atom. The highest BCUT2D eigenvalue weighted by atomic mass is 32.2. The van der Waals surface area contributed by atoms with E-state index >= 15 is 0 Å². The van der Waals surface area contributed by atoms with Crippen molar-refractivity contribution in [1.29, 1.82) is 0 Å². The number of carbonyl (C=O) groups excluding carboxylic acids is 1. The lowest BCUT2D eigenvalue weighted by Crippen LogP contribution is -2.17. The number of benzene rings is 2. The molecular weight excluding hydrogens is 296 g/mol. The maximum Gasteiger partial charge on any atom is 0.240 e. The molecule has 0 heterocycles. The normalized spacial score (nSPS) is 10.8. The van der Waals surface area contributed by atoms with Gasteiger partial charge in [-0.3, -0.25) is 4.79 Å². The Kier molecular flexibility index (Phi) is 6.03. The van der Waals surface area contributed by atoms with E-state index in [1.807, 2.05) is 19.1 Å². The summed E-state index contributed by atoms with van der Waals surface area (Å²) in [5.74, 6) is 0.683. The standard InChI is InChI=1S/C17H18N2O2S/c1-13-6-8-15(9-7-13)22-11-10-17(21)19-18-12-14-4-2-3-5-16(14)20/h2-9,12,20H,10-11H2,1H3,(H,19,21). The molecule has 0 aliphatic rings. The van der Waals surface area contributed by atoms with E-state index in [9.17, 15) is 9.90 Å². The van der Waals surface area contributed by atoms with Gasteiger partial charge in [0.15, 0.2) is 0 Å². The Bertz CT molecular complexity index is 654. The fourth-order valence-corrected chi connectivity index (χ4v) is 2.57. The summed E-state index contributed by atoms with van der Waals surface area (Å²) < 4.78 is 0. The van der Waals surface area contributed by atoms with Crippen molar-refractivity contribution in [3.8, 4) is 5.75 Å². The van der Waals surface area contributed by atoms with Crippen molar-refractivity contribution < 1.29 is 9.90 Å². The van der Waals surface area contributed by atoms with Crippen LogP contribution >= 0.6 is 11.8 Å². The molecule has 0 bridgehead atoms. The van der Waals surface area contributed by atoms with Crippen LogP contribution in [-0.4, -0.2) is 23.0 Å². The van der Waals surface area contributed by atoms with Gasteiger partial charge < -0.3 is 5.11 Å². The lowest BCUT2D eigenvalue weighted by molar-refractivity contribution is -0.120. The summed E-state index contributed by atoms with van der Waals surface area (Å²) >= 11 is 1.64. The summed E-state index contributed by atoms with van der Waals surface area (Å²) in [4.78, 5) is 12.8. The fraction of sp³-hybridized carbons (Fsp3) is 0.176. The van der Waals surface area contributed by atoms with E-state index in [-0.39, 0.29) is 11.7 Å². The average Bonchev–Trinajstić information content (AvgIpc) is 2.51. The zero-order chi connectivity index (χ0) is 15.8. The van der Waals surface area contributed by atoms with Crippen LogP contribution in [0, 0.1) is 6.92 Å². The Hall–Kier alpha value is -2.27. The molecule has 0 saturated carbocycles. The van der Waals surface area contributed by atoms with E-state index < -0.39 is 0 Å². The first-order valence-electron chi connectivity index (χ1n) is 6.94. The molecule has 0 aliphatic carbocycles. The van der Waals surface area contributed by atoms with Crippen LogP contribution in [0.25, 0.3) is 0 Å². The molecule has 5 heteroatoms. The van der Waals surface area contributed by atoms with Crippen molar-refractivity contribution >= 4 is 23.9 Å². The lowest BCUT2D eigenvalue weighted by Gasteiger charge is -2.02. The molecule has 1 amide bonds. The number of aromatic hydroxyl groups is 1. The van der Waals surface area contributed by atoms with Crippen LogP contribution in [-0.2, 0) is 4.79 Å². The van der Waals surface area contributed by atoms with Crippen LogP contribution in [0.5, 0.6) is 5.75 Å². The number of para-hydroxylation sites is 1. The zero-order valence-electron chi connectivity index (χ0n) is 12.3. The van der Waals surface area contributed by atoms with Crippen molar-refractivity contribution in [2.24, 2.45) is 5.10 Å². The molecule has 0 aliphatic heterocycles. The van der Waals surface area contributed by atoms with Crippen LogP contribution in [0.4, 0.5) is 0 Å². The van der Waals surface area contributed by atoms with Gasteiger partial charge in [0, 0.05) is 22.6 Å². The molecule has 22 heavy (non-hydrogen) atoms. The molecule has 2 N–H and O–H groups in total. The minimum atomic E-state index is -0.147. The van der Waals surface area contributed by atoms with E-state index in [0.29, 0.717) is 17.7 Å². The van der Waals surface area contributed by atoms with Gasteiger partial charge in [0.05, 0.1) is 6.21 Å². The predicted molar refractivity (Wildman–Crippen MR) is 90.4 cm³/mol. The minimum Gasteiger partial charge on any atom is -0.507 e. The van der Waals surface area contributed by atoms with Gasteiger partial charge >= 0.3 is 0 Å². The van der Waals surface area contributed by atoms with Gasteiger partial charge in [-0.15, -0.1) is 11.8 Å². The maximum absolute atomic E-state index is 11.7. The number of nitrogens with zero attached hydrogens (tertiary/aromatic N) is 1. The molecule has 0 fully saturated rings. The molecule has 4 nitrogen and oxygen atoms in total. The predicted octanol–water partition coefficient (Wildman–Crippen LogP) is 3.33. The highest BCUT2D eigenvalue weighted by molar-refractivity contribution is 7.99. The third-order valence-electron chi connectivity index (χ3n) is 2.95. The lowest BCUT2D eigenvalue weighted by atomic mass is 10.2.